The van der Waals surface area contributed by atoms with E-state index >= 15 is 0 Å². The van der Waals surface area contributed by atoms with Crippen LogP contribution < -0.4 is 4.74 Å². The Morgan fingerprint density at radius 2 is 2.27 bits per heavy atom. The van der Waals surface area contributed by atoms with Gasteiger partial charge in [-0.15, -0.1) is 5.10 Å². The van der Waals surface area contributed by atoms with Gasteiger partial charge in [-0.05, 0) is 6.42 Å². The molecule has 0 amide bonds. The number of ether oxygens (including phenoxy) is 1. The van der Waals surface area contributed by atoms with E-state index in [1.807, 2.05) is 0 Å². The Balaban J connectivity index is 1.61. The second-order valence-electron chi connectivity index (χ2n) is 4.12. The van der Waals surface area contributed by atoms with Gasteiger partial charge in [-0.3, -0.25) is 5.10 Å². The average molecular weight is 218 g/mol. The number of halogens is 3. The number of aromatic amines is 1. The number of fused-ring (bicyclic) bond motifs is 1. The Bertz CT molecular complexity index is 362. The molecule has 0 bridgehead atoms. The summed E-state index contributed by atoms with van der Waals surface area (Å²) in [6.07, 6.45) is -2.55. The molecule has 0 aromatic carbocycles. The second-order valence-corrected chi connectivity index (χ2v) is 4.12. The topological polar surface area (TPSA) is 37.9 Å². The summed E-state index contributed by atoms with van der Waals surface area (Å²) in [5, 5.41) is 6.31. The maximum atomic E-state index is 12.4. The van der Waals surface area contributed by atoms with Crippen LogP contribution in [0.25, 0.3) is 0 Å². The van der Waals surface area contributed by atoms with Crippen LogP contribution in [0.5, 0.6) is 5.88 Å². The quantitative estimate of drug-likeness (QED) is 0.824. The molecular weight excluding hydrogens is 209 g/mol. The minimum Gasteiger partial charge on any atom is -0.473 e. The summed E-state index contributed by atoms with van der Waals surface area (Å²) in [6.45, 7) is 0. The molecule has 3 rings (SSSR count). The molecule has 0 saturated heterocycles. The van der Waals surface area contributed by atoms with Gasteiger partial charge in [0.25, 0.3) is 0 Å². The fourth-order valence-corrected chi connectivity index (χ4v) is 2.41. The number of nitrogens with zero attached hydrogens (tertiary/aromatic N) is 1. The Morgan fingerprint density at radius 3 is 2.80 bits per heavy atom. The largest absolute Gasteiger partial charge is 0.473 e. The van der Waals surface area contributed by atoms with Crippen LogP contribution in [0, 0.1) is 17.8 Å². The van der Waals surface area contributed by atoms with E-state index in [9.17, 15) is 13.2 Å². The highest BCUT2D eigenvalue weighted by Crippen LogP contribution is 2.65. The summed E-state index contributed by atoms with van der Waals surface area (Å²) >= 11 is 0. The molecule has 1 heterocycles. The van der Waals surface area contributed by atoms with Crippen molar-refractivity contribution in [3.05, 3.63) is 12.3 Å². The summed E-state index contributed by atoms with van der Waals surface area (Å²) in [5.41, 5.74) is 0. The maximum Gasteiger partial charge on any atom is 0.392 e. The van der Waals surface area contributed by atoms with Crippen molar-refractivity contribution in [2.75, 3.05) is 0 Å². The van der Waals surface area contributed by atoms with Crippen LogP contribution in [0.3, 0.4) is 0 Å². The fourth-order valence-electron chi connectivity index (χ4n) is 2.41. The van der Waals surface area contributed by atoms with Gasteiger partial charge >= 0.3 is 6.18 Å². The number of hydrogen-bond donors (Lipinski definition) is 1. The molecule has 0 radical (unpaired) electrons. The molecule has 82 valence electrons. The zero-order valence-electron chi connectivity index (χ0n) is 7.66. The van der Waals surface area contributed by atoms with Crippen LogP contribution in [-0.2, 0) is 0 Å². The van der Waals surface area contributed by atoms with Crippen molar-refractivity contribution in [1.82, 2.24) is 10.2 Å². The minimum atomic E-state index is -4.06. The van der Waals surface area contributed by atoms with Gasteiger partial charge in [0.05, 0.1) is 5.92 Å². The van der Waals surface area contributed by atoms with Crippen LogP contribution in [0.1, 0.15) is 6.42 Å². The number of nitrogens with one attached hydrogen (secondary N) is 1. The highest BCUT2D eigenvalue weighted by atomic mass is 19.4. The summed E-state index contributed by atoms with van der Waals surface area (Å²) < 4.78 is 42.4. The molecule has 1 N–H and O–H groups in total. The van der Waals surface area contributed by atoms with Gasteiger partial charge in [-0.1, -0.05) is 0 Å². The molecule has 0 aliphatic heterocycles. The van der Waals surface area contributed by atoms with Crippen LogP contribution in [0.15, 0.2) is 12.3 Å². The molecule has 0 spiro atoms. The molecule has 15 heavy (non-hydrogen) atoms. The zero-order chi connectivity index (χ0) is 10.6. The van der Waals surface area contributed by atoms with Crippen LogP contribution >= 0.6 is 0 Å². The lowest BCUT2D eigenvalue weighted by Crippen LogP contribution is -2.31. The molecule has 2 saturated carbocycles. The molecule has 2 aliphatic rings. The minimum absolute atomic E-state index is 0.0910. The highest BCUT2D eigenvalue weighted by Gasteiger charge is 2.72. The molecule has 1 aromatic heterocycles. The first-order valence-corrected chi connectivity index (χ1v) is 4.80. The molecule has 1 aromatic rings. The first-order chi connectivity index (χ1) is 7.07. The van der Waals surface area contributed by atoms with Gasteiger partial charge < -0.3 is 4.74 Å². The van der Waals surface area contributed by atoms with E-state index in [1.54, 1.807) is 12.3 Å². The van der Waals surface area contributed by atoms with Crippen molar-refractivity contribution in [3.63, 3.8) is 0 Å². The smallest absolute Gasteiger partial charge is 0.392 e. The van der Waals surface area contributed by atoms with E-state index < -0.39 is 12.1 Å². The van der Waals surface area contributed by atoms with E-state index in [0.29, 0.717) is 5.88 Å². The molecule has 2 fully saturated rings. The number of alkyl halides is 3. The van der Waals surface area contributed by atoms with Crippen molar-refractivity contribution in [1.29, 1.82) is 0 Å². The normalized spacial score (nSPS) is 38.1. The van der Waals surface area contributed by atoms with Crippen LogP contribution in [0.2, 0.25) is 0 Å². The lowest BCUT2D eigenvalue weighted by Gasteiger charge is -2.25. The highest BCUT2D eigenvalue weighted by molar-refractivity contribution is 5.18. The first kappa shape index (κ1) is 9.06. The number of hydrogen-bond acceptors (Lipinski definition) is 2. The van der Waals surface area contributed by atoms with Crippen LogP contribution in [-0.4, -0.2) is 22.5 Å². The van der Waals surface area contributed by atoms with Crippen molar-refractivity contribution in [3.8, 4) is 5.88 Å². The summed E-state index contributed by atoms with van der Waals surface area (Å²) in [7, 11) is 0. The first-order valence-electron chi connectivity index (χ1n) is 4.80. The van der Waals surface area contributed by atoms with E-state index in [1.165, 1.54) is 0 Å². The van der Waals surface area contributed by atoms with Crippen molar-refractivity contribution in [2.45, 2.75) is 18.7 Å². The lowest BCUT2D eigenvalue weighted by molar-refractivity contribution is -0.198. The molecule has 6 heteroatoms. The fraction of sp³-hybridized carbons (Fsp3) is 0.667. The standard InChI is InChI=1S/C9H9F3N2O/c10-9(11,12)5-3-4-7(5)8(4)15-6-1-2-13-14-6/h1-2,4-5,7-8H,3H2,(H,13,14)/t4-,5+,7-,8?/m1/s1. The van der Waals surface area contributed by atoms with Gasteiger partial charge in [-0.2, -0.15) is 13.2 Å². The van der Waals surface area contributed by atoms with Crippen LogP contribution in [0.4, 0.5) is 13.2 Å². The summed E-state index contributed by atoms with van der Waals surface area (Å²) in [4.78, 5) is 0. The average Bonchev–Trinajstić information content (AvgIpc) is 2.44. The monoisotopic (exact) mass is 218 g/mol. The van der Waals surface area contributed by atoms with Crippen molar-refractivity contribution in [2.24, 2.45) is 17.8 Å². The predicted octanol–water partition coefficient (Wildman–Crippen LogP) is 1.99. The van der Waals surface area contributed by atoms with Gasteiger partial charge in [-0.25, -0.2) is 0 Å². The van der Waals surface area contributed by atoms with Gasteiger partial charge in [0.1, 0.15) is 6.10 Å². The number of aromatic nitrogens is 2. The van der Waals surface area contributed by atoms with Gasteiger partial charge in [0.15, 0.2) is 0 Å². The maximum absolute atomic E-state index is 12.4. The molecule has 3 nitrogen and oxygen atoms in total. The van der Waals surface area contributed by atoms with Crippen molar-refractivity contribution >= 4 is 0 Å². The molecule has 4 atom stereocenters. The lowest BCUT2D eigenvalue weighted by atomic mass is 9.85. The Morgan fingerprint density at radius 1 is 1.47 bits per heavy atom. The van der Waals surface area contributed by atoms with E-state index in [-0.39, 0.29) is 24.4 Å². The Kier molecular flexibility index (Phi) is 1.62. The Hall–Kier alpha value is -1.20. The second kappa shape index (κ2) is 2.68. The third-order valence-corrected chi connectivity index (χ3v) is 3.30. The summed E-state index contributed by atoms with van der Waals surface area (Å²) in [6, 6.07) is 1.61. The number of rotatable bonds is 2. The number of H-pyrrole nitrogens is 1. The third-order valence-electron chi connectivity index (χ3n) is 3.30. The summed E-state index contributed by atoms with van der Waals surface area (Å²) in [5.74, 6) is -1.02. The van der Waals surface area contributed by atoms with E-state index in [2.05, 4.69) is 10.2 Å². The van der Waals surface area contributed by atoms with Crippen molar-refractivity contribution < 1.29 is 17.9 Å². The third kappa shape index (κ3) is 1.31. The van der Waals surface area contributed by atoms with E-state index in [0.717, 1.165) is 0 Å². The zero-order valence-corrected chi connectivity index (χ0v) is 7.66. The Labute approximate surface area is 83.6 Å². The predicted molar refractivity (Wildman–Crippen MR) is 44.1 cm³/mol. The molecule has 1 unspecified atom stereocenters. The van der Waals surface area contributed by atoms with Gasteiger partial charge in [0, 0.05) is 24.1 Å². The molecule has 2 aliphatic carbocycles. The molecular formula is C9H9F3N2O. The van der Waals surface area contributed by atoms with E-state index in [4.69, 9.17) is 4.74 Å². The SMILES string of the molecule is FC(F)(F)[C@H]1C[C@H]2C(Oc3cc[nH]n3)[C@H]21. The van der Waals surface area contributed by atoms with Gasteiger partial charge in [0.2, 0.25) is 5.88 Å².